The van der Waals surface area contributed by atoms with Crippen LogP contribution < -0.4 is 16.0 Å². The van der Waals surface area contributed by atoms with Crippen molar-refractivity contribution in [3.05, 3.63) is 16.5 Å². The monoisotopic (exact) mass is 245 g/mol. The summed E-state index contributed by atoms with van der Waals surface area (Å²) in [6.45, 7) is 1.81. The summed E-state index contributed by atoms with van der Waals surface area (Å²) in [6.07, 6.45) is 0.985. The van der Waals surface area contributed by atoms with E-state index in [1.165, 1.54) is 11.3 Å². The third-order valence-electron chi connectivity index (χ3n) is 2.21. The second-order valence-electron chi connectivity index (χ2n) is 3.39. The predicted octanol–water partition coefficient (Wildman–Crippen LogP) is 1.88. The minimum atomic E-state index is -0.165. The molecular weight excluding hydrogens is 234 g/mol. The molecule has 1 aliphatic rings. The molecule has 2 amide bonds. The molecule has 15 heavy (non-hydrogen) atoms. The molecule has 6 heteroatoms. The first kappa shape index (κ1) is 10.7. The van der Waals surface area contributed by atoms with Crippen molar-refractivity contribution in [1.82, 2.24) is 10.6 Å². The lowest BCUT2D eigenvalue weighted by Crippen LogP contribution is -2.38. The Hall–Kier alpha value is -0.780. The van der Waals surface area contributed by atoms with Crippen LogP contribution in [0.25, 0.3) is 0 Å². The average Bonchev–Trinajstić information content (AvgIpc) is 2.77. The largest absolute Gasteiger partial charge is 0.334 e. The Kier molecular flexibility index (Phi) is 3.45. The molecule has 1 fully saturated rings. The SMILES string of the molecule is O=C(Nc1ccc(Cl)s1)NC1CCNC1. The van der Waals surface area contributed by atoms with Gasteiger partial charge in [0.05, 0.1) is 9.34 Å². The van der Waals surface area contributed by atoms with Gasteiger partial charge in [-0.3, -0.25) is 5.32 Å². The van der Waals surface area contributed by atoms with Crippen molar-refractivity contribution in [2.24, 2.45) is 0 Å². The van der Waals surface area contributed by atoms with Crippen LogP contribution in [0.4, 0.5) is 9.80 Å². The number of urea groups is 1. The summed E-state index contributed by atoms with van der Waals surface area (Å²) >= 11 is 7.10. The zero-order valence-corrected chi connectivity index (χ0v) is 9.62. The van der Waals surface area contributed by atoms with Crippen molar-refractivity contribution in [2.75, 3.05) is 18.4 Å². The second kappa shape index (κ2) is 4.83. The van der Waals surface area contributed by atoms with E-state index in [2.05, 4.69) is 16.0 Å². The molecule has 2 heterocycles. The van der Waals surface area contributed by atoms with Gasteiger partial charge in [-0.1, -0.05) is 11.6 Å². The Labute approximate surface area is 97.0 Å². The van der Waals surface area contributed by atoms with Gasteiger partial charge < -0.3 is 10.6 Å². The van der Waals surface area contributed by atoms with E-state index in [0.29, 0.717) is 4.34 Å². The zero-order chi connectivity index (χ0) is 10.7. The maximum absolute atomic E-state index is 11.5. The molecule has 1 aromatic heterocycles. The zero-order valence-electron chi connectivity index (χ0n) is 8.05. The van der Waals surface area contributed by atoms with E-state index < -0.39 is 0 Å². The number of nitrogens with one attached hydrogen (secondary N) is 3. The van der Waals surface area contributed by atoms with Gasteiger partial charge in [-0.2, -0.15) is 0 Å². The molecule has 1 aliphatic heterocycles. The lowest BCUT2D eigenvalue weighted by molar-refractivity contribution is 0.249. The summed E-state index contributed by atoms with van der Waals surface area (Å²) in [5, 5.41) is 9.59. The van der Waals surface area contributed by atoms with Crippen molar-refractivity contribution in [1.29, 1.82) is 0 Å². The molecule has 0 saturated carbocycles. The highest BCUT2D eigenvalue weighted by Crippen LogP contribution is 2.25. The van der Waals surface area contributed by atoms with E-state index in [9.17, 15) is 4.79 Å². The van der Waals surface area contributed by atoms with E-state index >= 15 is 0 Å². The highest BCUT2D eigenvalue weighted by molar-refractivity contribution is 7.20. The van der Waals surface area contributed by atoms with Crippen molar-refractivity contribution in [2.45, 2.75) is 12.5 Å². The molecule has 0 spiro atoms. The van der Waals surface area contributed by atoms with Gasteiger partial charge >= 0.3 is 6.03 Å². The van der Waals surface area contributed by atoms with Crippen molar-refractivity contribution in [3.63, 3.8) is 0 Å². The lowest BCUT2D eigenvalue weighted by atomic mass is 10.3. The number of amides is 2. The van der Waals surface area contributed by atoms with Crippen molar-refractivity contribution < 1.29 is 4.79 Å². The maximum Gasteiger partial charge on any atom is 0.320 e. The molecule has 0 bridgehead atoms. The van der Waals surface area contributed by atoms with Gasteiger partial charge in [0.1, 0.15) is 0 Å². The molecule has 82 valence electrons. The minimum Gasteiger partial charge on any atom is -0.334 e. The molecule has 1 unspecified atom stereocenters. The first-order valence-corrected chi connectivity index (χ1v) is 5.97. The first-order chi connectivity index (χ1) is 7.24. The van der Waals surface area contributed by atoms with E-state index in [4.69, 9.17) is 11.6 Å². The normalized spacial score (nSPS) is 20.2. The Morgan fingerprint density at radius 1 is 1.60 bits per heavy atom. The Morgan fingerprint density at radius 3 is 3.07 bits per heavy atom. The molecule has 0 radical (unpaired) electrons. The van der Waals surface area contributed by atoms with Crippen LogP contribution in [0.15, 0.2) is 12.1 Å². The van der Waals surface area contributed by atoms with Crippen LogP contribution in [0.1, 0.15) is 6.42 Å². The molecule has 1 atom stereocenters. The Morgan fingerprint density at radius 2 is 2.47 bits per heavy atom. The molecule has 3 N–H and O–H groups in total. The third-order valence-corrected chi connectivity index (χ3v) is 3.35. The van der Waals surface area contributed by atoms with Crippen LogP contribution in [-0.2, 0) is 0 Å². The van der Waals surface area contributed by atoms with E-state index in [1.54, 1.807) is 12.1 Å². The molecule has 0 aliphatic carbocycles. The molecule has 2 rings (SSSR count). The van der Waals surface area contributed by atoms with Gasteiger partial charge in [0, 0.05) is 12.6 Å². The molecule has 0 aromatic carbocycles. The smallest absolute Gasteiger partial charge is 0.320 e. The van der Waals surface area contributed by atoms with E-state index in [1.807, 2.05) is 0 Å². The molecular formula is C9H12ClN3OS. The molecule has 1 saturated heterocycles. The van der Waals surface area contributed by atoms with Crippen LogP contribution in [0.2, 0.25) is 4.34 Å². The van der Waals surface area contributed by atoms with Crippen LogP contribution in [0.5, 0.6) is 0 Å². The fraction of sp³-hybridized carbons (Fsp3) is 0.444. The number of hydrogen-bond acceptors (Lipinski definition) is 3. The Bertz CT molecular complexity index is 349. The summed E-state index contributed by atoms with van der Waals surface area (Å²) in [4.78, 5) is 11.5. The predicted molar refractivity (Wildman–Crippen MR) is 62.8 cm³/mol. The number of anilines is 1. The van der Waals surface area contributed by atoms with E-state index in [-0.39, 0.29) is 12.1 Å². The lowest BCUT2D eigenvalue weighted by Gasteiger charge is -2.11. The van der Waals surface area contributed by atoms with Gasteiger partial charge in [-0.15, -0.1) is 11.3 Å². The minimum absolute atomic E-state index is 0.165. The summed E-state index contributed by atoms with van der Waals surface area (Å²) in [6, 6.07) is 3.63. The van der Waals surface area contributed by atoms with Crippen molar-refractivity contribution in [3.8, 4) is 0 Å². The first-order valence-electron chi connectivity index (χ1n) is 4.77. The fourth-order valence-electron chi connectivity index (χ4n) is 1.49. The van der Waals surface area contributed by atoms with Gasteiger partial charge in [0.15, 0.2) is 0 Å². The standard InChI is InChI=1S/C9H12ClN3OS/c10-7-1-2-8(15-7)13-9(14)12-6-3-4-11-5-6/h1-2,6,11H,3-5H2,(H2,12,13,14). The summed E-state index contributed by atoms with van der Waals surface area (Å²) in [5.41, 5.74) is 0. The topological polar surface area (TPSA) is 53.2 Å². The van der Waals surface area contributed by atoms with Gasteiger partial charge in [-0.25, -0.2) is 4.79 Å². The number of carbonyl (C=O) groups excluding carboxylic acids is 1. The van der Waals surface area contributed by atoms with Gasteiger partial charge in [-0.05, 0) is 25.1 Å². The van der Waals surface area contributed by atoms with Gasteiger partial charge in [0.25, 0.3) is 0 Å². The molecule has 4 nitrogen and oxygen atoms in total. The number of carbonyl (C=O) groups is 1. The quantitative estimate of drug-likeness (QED) is 0.745. The highest BCUT2D eigenvalue weighted by atomic mass is 35.5. The fourth-order valence-corrected chi connectivity index (χ4v) is 2.43. The van der Waals surface area contributed by atoms with E-state index in [0.717, 1.165) is 24.5 Å². The van der Waals surface area contributed by atoms with Crippen LogP contribution >= 0.6 is 22.9 Å². The molecule has 1 aromatic rings. The average molecular weight is 246 g/mol. The van der Waals surface area contributed by atoms with Crippen LogP contribution in [-0.4, -0.2) is 25.2 Å². The van der Waals surface area contributed by atoms with Gasteiger partial charge in [0.2, 0.25) is 0 Å². The number of halogens is 1. The highest BCUT2D eigenvalue weighted by Gasteiger charge is 2.16. The Balaban J connectivity index is 1.81. The third kappa shape index (κ3) is 3.09. The van der Waals surface area contributed by atoms with Crippen LogP contribution in [0, 0.1) is 0 Å². The number of thiophene rings is 1. The maximum atomic E-state index is 11.5. The number of hydrogen-bond donors (Lipinski definition) is 3. The summed E-state index contributed by atoms with van der Waals surface area (Å²) in [5.74, 6) is 0. The summed E-state index contributed by atoms with van der Waals surface area (Å²) < 4.78 is 0.674. The second-order valence-corrected chi connectivity index (χ2v) is 5.11. The number of rotatable bonds is 2. The van der Waals surface area contributed by atoms with Crippen LogP contribution in [0.3, 0.4) is 0 Å². The summed E-state index contributed by atoms with van der Waals surface area (Å²) in [7, 11) is 0. The van der Waals surface area contributed by atoms with Crippen molar-refractivity contribution >= 4 is 34.0 Å².